The number of carbonyl (C=O) groups is 1. The largest absolute Gasteiger partial charge is 0.462 e. The molecule has 0 aromatic carbocycles. The Hall–Kier alpha value is -1.62. The van der Waals surface area contributed by atoms with Crippen LogP contribution in [0.15, 0.2) is 18.3 Å². The molecule has 110 valence electrons. The number of nitrogens with one attached hydrogen (secondary N) is 1. The molecule has 1 unspecified atom stereocenters. The van der Waals surface area contributed by atoms with Crippen LogP contribution in [0, 0.1) is 5.92 Å². The summed E-state index contributed by atoms with van der Waals surface area (Å²) in [6, 6.07) is 3.74. The van der Waals surface area contributed by atoms with Crippen molar-refractivity contribution in [2.24, 2.45) is 5.92 Å². The third-order valence-corrected chi connectivity index (χ3v) is 3.64. The van der Waals surface area contributed by atoms with Crippen LogP contribution >= 0.6 is 0 Å². The van der Waals surface area contributed by atoms with E-state index in [1.807, 2.05) is 0 Å². The van der Waals surface area contributed by atoms with Crippen molar-refractivity contribution in [1.29, 1.82) is 0 Å². The molecule has 1 aliphatic rings. The van der Waals surface area contributed by atoms with Crippen LogP contribution in [0.5, 0.6) is 0 Å². The lowest BCUT2D eigenvalue weighted by molar-refractivity contribution is 0.0525. The minimum Gasteiger partial charge on any atom is -0.462 e. The van der Waals surface area contributed by atoms with Gasteiger partial charge in [0.2, 0.25) is 0 Å². The zero-order chi connectivity index (χ0) is 14.4. The Morgan fingerprint density at radius 3 is 3.00 bits per heavy atom. The maximum Gasteiger partial charge on any atom is 0.341 e. The van der Waals surface area contributed by atoms with Crippen molar-refractivity contribution in [3.8, 4) is 0 Å². The minimum atomic E-state index is -0.331. The van der Waals surface area contributed by atoms with Crippen molar-refractivity contribution < 1.29 is 14.3 Å². The van der Waals surface area contributed by atoms with Gasteiger partial charge in [0.1, 0.15) is 11.4 Å². The van der Waals surface area contributed by atoms with E-state index in [1.54, 1.807) is 25.3 Å². The maximum atomic E-state index is 11.9. The maximum absolute atomic E-state index is 11.9. The zero-order valence-corrected chi connectivity index (χ0v) is 12.1. The highest BCUT2D eigenvalue weighted by Crippen LogP contribution is 2.22. The number of hydrogen-bond donors (Lipinski definition) is 1. The fraction of sp³-hybridized carbons (Fsp3) is 0.600. The lowest BCUT2D eigenvalue weighted by atomic mass is 9.93. The highest BCUT2D eigenvalue weighted by Gasteiger charge is 2.22. The van der Waals surface area contributed by atoms with Gasteiger partial charge in [-0.05, 0) is 44.7 Å². The average molecular weight is 278 g/mol. The van der Waals surface area contributed by atoms with Crippen molar-refractivity contribution in [3.05, 3.63) is 23.9 Å². The fourth-order valence-electron chi connectivity index (χ4n) is 2.44. The number of rotatable bonds is 5. The van der Waals surface area contributed by atoms with Crippen molar-refractivity contribution in [2.45, 2.75) is 32.7 Å². The van der Waals surface area contributed by atoms with Gasteiger partial charge in [0, 0.05) is 25.5 Å². The number of pyridine rings is 1. The second kappa shape index (κ2) is 7.24. The molecule has 2 heterocycles. The molecule has 0 saturated carbocycles. The van der Waals surface area contributed by atoms with E-state index in [9.17, 15) is 4.79 Å². The van der Waals surface area contributed by atoms with Gasteiger partial charge in [0.25, 0.3) is 0 Å². The van der Waals surface area contributed by atoms with Gasteiger partial charge in [-0.25, -0.2) is 9.78 Å². The number of hydrogen-bond acceptors (Lipinski definition) is 5. The lowest BCUT2D eigenvalue weighted by Gasteiger charge is -2.29. The van der Waals surface area contributed by atoms with Crippen LogP contribution in [-0.2, 0) is 9.47 Å². The van der Waals surface area contributed by atoms with Crippen LogP contribution in [0.2, 0.25) is 0 Å². The molecule has 1 aliphatic heterocycles. The Kier molecular flexibility index (Phi) is 5.35. The van der Waals surface area contributed by atoms with Crippen LogP contribution in [-0.4, -0.2) is 36.8 Å². The molecule has 1 saturated heterocycles. The summed E-state index contributed by atoms with van der Waals surface area (Å²) in [6.07, 6.45) is 3.76. The summed E-state index contributed by atoms with van der Waals surface area (Å²) in [5, 5.41) is 3.35. The molecular formula is C15H22N2O3. The van der Waals surface area contributed by atoms with Gasteiger partial charge in [-0.15, -0.1) is 0 Å². The predicted octanol–water partition coefficient (Wildman–Crippen LogP) is 2.49. The second-order valence-electron chi connectivity index (χ2n) is 5.00. The third-order valence-electron chi connectivity index (χ3n) is 3.64. The van der Waals surface area contributed by atoms with E-state index in [-0.39, 0.29) is 12.0 Å². The second-order valence-corrected chi connectivity index (χ2v) is 5.00. The van der Waals surface area contributed by atoms with Gasteiger partial charge >= 0.3 is 5.97 Å². The van der Waals surface area contributed by atoms with E-state index in [2.05, 4.69) is 17.2 Å². The van der Waals surface area contributed by atoms with E-state index in [0.29, 0.717) is 23.9 Å². The Labute approximate surface area is 119 Å². The molecule has 1 aromatic heterocycles. The first-order valence-electron chi connectivity index (χ1n) is 7.18. The van der Waals surface area contributed by atoms with Crippen molar-refractivity contribution in [2.75, 3.05) is 25.1 Å². The van der Waals surface area contributed by atoms with Crippen LogP contribution in [0.4, 0.5) is 5.82 Å². The Balaban J connectivity index is 2.06. The number of carbonyl (C=O) groups excluding carboxylic acids is 1. The molecule has 5 heteroatoms. The van der Waals surface area contributed by atoms with Crippen LogP contribution < -0.4 is 5.32 Å². The van der Waals surface area contributed by atoms with E-state index in [4.69, 9.17) is 9.47 Å². The first-order chi connectivity index (χ1) is 9.72. The topological polar surface area (TPSA) is 60.5 Å². The van der Waals surface area contributed by atoms with Crippen molar-refractivity contribution in [3.63, 3.8) is 0 Å². The van der Waals surface area contributed by atoms with E-state index < -0.39 is 0 Å². The number of anilines is 1. The number of esters is 1. The summed E-state index contributed by atoms with van der Waals surface area (Å²) in [4.78, 5) is 16.2. The molecular weight excluding hydrogens is 256 g/mol. The molecule has 0 radical (unpaired) electrons. The predicted molar refractivity (Wildman–Crippen MR) is 76.8 cm³/mol. The van der Waals surface area contributed by atoms with Crippen molar-refractivity contribution >= 4 is 11.8 Å². The first-order valence-corrected chi connectivity index (χ1v) is 7.18. The SMILES string of the molecule is CCOC(=O)c1cccnc1NC(C)C1CCOCC1. The summed E-state index contributed by atoms with van der Waals surface area (Å²) >= 11 is 0. The van der Waals surface area contributed by atoms with Gasteiger partial charge < -0.3 is 14.8 Å². The molecule has 0 amide bonds. The summed E-state index contributed by atoms with van der Waals surface area (Å²) in [5.74, 6) is 0.813. The van der Waals surface area contributed by atoms with E-state index in [1.165, 1.54) is 0 Å². The summed E-state index contributed by atoms with van der Waals surface area (Å²) in [7, 11) is 0. The third kappa shape index (κ3) is 3.70. The van der Waals surface area contributed by atoms with Gasteiger partial charge in [-0.2, -0.15) is 0 Å². The Bertz CT molecular complexity index is 444. The molecule has 1 N–H and O–H groups in total. The summed E-state index contributed by atoms with van der Waals surface area (Å²) in [6.45, 7) is 5.90. The van der Waals surface area contributed by atoms with Crippen molar-refractivity contribution in [1.82, 2.24) is 4.98 Å². The number of aromatic nitrogens is 1. The summed E-state index contributed by atoms with van der Waals surface area (Å²) < 4.78 is 10.4. The molecule has 20 heavy (non-hydrogen) atoms. The molecule has 5 nitrogen and oxygen atoms in total. The van der Waals surface area contributed by atoms with Crippen LogP contribution in [0.1, 0.15) is 37.0 Å². The molecule has 0 aliphatic carbocycles. The molecule has 1 aromatic rings. The Morgan fingerprint density at radius 2 is 2.30 bits per heavy atom. The van der Waals surface area contributed by atoms with E-state index >= 15 is 0 Å². The number of nitrogens with zero attached hydrogens (tertiary/aromatic N) is 1. The Morgan fingerprint density at radius 1 is 1.55 bits per heavy atom. The van der Waals surface area contributed by atoms with Gasteiger partial charge in [-0.1, -0.05) is 0 Å². The zero-order valence-electron chi connectivity index (χ0n) is 12.1. The van der Waals surface area contributed by atoms with Gasteiger partial charge in [-0.3, -0.25) is 0 Å². The van der Waals surface area contributed by atoms with Crippen LogP contribution in [0.25, 0.3) is 0 Å². The molecule has 1 fully saturated rings. The highest BCUT2D eigenvalue weighted by atomic mass is 16.5. The molecule has 1 atom stereocenters. The minimum absolute atomic E-state index is 0.252. The van der Waals surface area contributed by atoms with Gasteiger partial charge in [0.15, 0.2) is 0 Å². The van der Waals surface area contributed by atoms with Crippen LogP contribution in [0.3, 0.4) is 0 Å². The molecule has 0 spiro atoms. The first kappa shape index (κ1) is 14.8. The fourth-order valence-corrected chi connectivity index (χ4v) is 2.44. The smallest absolute Gasteiger partial charge is 0.341 e. The number of ether oxygens (including phenoxy) is 2. The monoisotopic (exact) mass is 278 g/mol. The standard InChI is InChI=1S/C15H22N2O3/c1-3-20-15(18)13-5-4-8-16-14(13)17-11(2)12-6-9-19-10-7-12/h4-5,8,11-12H,3,6-7,9-10H2,1-2H3,(H,16,17). The van der Waals surface area contributed by atoms with Gasteiger partial charge in [0.05, 0.1) is 6.61 Å². The quantitative estimate of drug-likeness (QED) is 0.838. The highest BCUT2D eigenvalue weighted by molar-refractivity contribution is 5.94. The molecule has 2 rings (SSSR count). The van der Waals surface area contributed by atoms with E-state index in [0.717, 1.165) is 26.1 Å². The normalized spacial score (nSPS) is 17.5. The summed E-state index contributed by atoms with van der Waals surface area (Å²) in [5.41, 5.74) is 0.494. The lowest BCUT2D eigenvalue weighted by Crippen LogP contribution is -2.31. The molecule has 0 bridgehead atoms. The average Bonchev–Trinajstić information content (AvgIpc) is 2.49.